The molecule has 13 heavy (non-hydrogen) atoms. The highest BCUT2D eigenvalue weighted by atomic mass is 16.3. The van der Waals surface area contributed by atoms with Gasteiger partial charge in [0.25, 0.3) is 0 Å². The maximum absolute atomic E-state index is 11.5. The summed E-state index contributed by atoms with van der Waals surface area (Å²) in [4.78, 5) is 13.2. The van der Waals surface area contributed by atoms with E-state index in [2.05, 4.69) is 0 Å². The van der Waals surface area contributed by atoms with Gasteiger partial charge in [-0.15, -0.1) is 0 Å². The van der Waals surface area contributed by atoms with Crippen molar-refractivity contribution in [2.75, 3.05) is 19.7 Å². The van der Waals surface area contributed by atoms with Gasteiger partial charge in [-0.3, -0.25) is 4.79 Å². The van der Waals surface area contributed by atoms with Crippen LogP contribution in [0, 0.1) is 5.92 Å². The summed E-state index contributed by atoms with van der Waals surface area (Å²) in [7, 11) is 0. The zero-order valence-electron chi connectivity index (χ0n) is 8.07. The first-order valence-corrected chi connectivity index (χ1v) is 4.80. The van der Waals surface area contributed by atoms with Crippen molar-refractivity contribution in [3.8, 4) is 0 Å². The van der Waals surface area contributed by atoms with E-state index in [1.165, 1.54) is 0 Å². The summed E-state index contributed by atoms with van der Waals surface area (Å²) in [5.41, 5.74) is 5.50. The minimum absolute atomic E-state index is 0.00171. The highest BCUT2D eigenvalue weighted by Gasteiger charge is 2.24. The lowest BCUT2D eigenvalue weighted by Gasteiger charge is -2.32. The lowest BCUT2D eigenvalue weighted by atomic mass is 9.98. The van der Waals surface area contributed by atoms with Crippen LogP contribution in [-0.2, 0) is 4.79 Å². The van der Waals surface area contributed by atoms with Crippen LogP contribution in [-0.4, -0.2) is 41.7 Å². The smallest absolute Gasteiger partial charge is 0.239 e. The number of hydrogen-bond acceptors (Lipinski definition) is 3. The summed E-state index contributed by atoms with van der Waals surface area (Å²) in [6.45, 7) is 3.32. The summed E-state index contributed by atoms with van der Waals surface area (Å²) >= 11 is 0. The molecule has 1 aliphatic heterocycles. The molecule has 0 saturated carbocycles. The summed E-state index contributed by atoms with van der Waals surface area (Å²) in [5.74, 6) is 0.245. The van der Waals surface area contributed by atoms with Crippen molar-refractivity contribution in [2.45, 2.75) is 25.8 Å². The molecule has 2 atom stereocenters. The molecule has 4 nitrogen and oxygen atoms in total. The number of amides is 1. The molecule has 76 valence electrons. The zero-order chi connectivity index (χ0) is 9.84. The first-order valence-electron chi connectivity index (χ1n) is 4.80. The van der Waals surface area contributed by atoms with Crippen molar-refractivity contribution in [1.82, 2.24) is 4.90 Å². The number of rotatable bonds is 2. The van der Waals surface area contributed by atoms with E-state index in [-0.39, 0.29) is 18.4 Å². The predicted octanol–water partition coefficient (Wildman–Crippen LogP) is -0.435. The molecule has 0 aliphatic carbocycles. The van der Waals surface area contributed by atoms with Crippen LogP contribution in [0.3, 0.4) is 0 Å². The fraction of sp³-hybridized carbons (Fsp3) is 0.889. The molecule has 1 rings (SSSR count). The molecule has 3 N–H and O–H groups in total. The monoisotopic (exact) mass is 186 g/mol. The lowest BCUT2D eigenvalue weighted by molar-refractivity contribution is -0.134. The molecule has 0 spiro atoms. The Morgan fingerprint density at radius 3 is 3.00 bits per heavy atom. The Kier molecular flexibility index (Phi) is 3.69. The van der Waals surface area contributed by atoms with Gasteiger partial charge >= 0.3 is 0 Å². The number of aliphatic hydroxyl groups excluding tert-OH is 1. The van der Waals surface area contributed by atoms with E-state index in [0.717, 1.165) is 19.4 Å². The van der Waals surface area contributed by atoms with Crippen molar-refractivity contribution in [3.63, 3.8) is 0 Å². The third-order valence-electron chi connectivity index (χ3n) is 2.48. The van der Waals surface area contributed by atoms with Crippen LogP contribution in [0.5, 0.6) is 0 Å². The number of piperidine rings is 1. The molecule has 0 aromatic heterocycles. The second-order valence-electron chi connectivity index (χ2n) is 3.76. The fourth-order valence-corrected chi connectivity index (χ4v) is 1.70. The van der Waals surface area contributed by atoms with E-state index in [4.69, 9.17) is 10.8 Å². The minimum atomic E-state index is -0.419. The second-order valence-corrected chi connectivity index (χ2v) is 3.76. The van der Waals surface area contributed by atoms with E-state index < -0.39 is 6.04 Å². The van der Waals surface area contributed by atoms with Crippen molar-refractivity contribution in [1.29, 1.82) is 0 Å². The van der Waals surface area contributed by atoms with Crippen molar-refractivity contribution in [2.24, 2.45) is 11.7 Å². The summed E-state index contributed by atoms with van der Waals surface area (Å²) in [6.07, 6.45) is 1.99. The van der Waals surface area contributed by atoms with Crippen molar-refractivity contribution >= 4 is 5.91 Å². The van der Waals surface area contributed by atoms with Gasteiger partial charge in [0.15, 0.2) is 0 Å². The van der Waals surface area contributed by atoms with Crippen LogP contribution in [0.4, 0.5) is 0 Å². The van der Waals surface area contributed by atoms with Crippen LogP contribution in [0.15, 0.2) is 0 Å². The first-order chi connectivity index (χ1) is 6.15. The van der Waals surface area contributed by atoms with Crippen LogP contribution in [0.25, 0.3) is 0 Å². The van der Waals surface area contributed by atoms with Crippen molar-refractivity contribution in [3.05, 3.63) is 0 Å². The normalized spacial score (nSPS) is 25.8. The van der Waals surface area contributed by atoms with E-state index in [0.29, 0.717) is 6.54 Å². The average Bonchev–Trinajstić information content (AvgIpc) is 2.16. The molecule has 0 aromatic rings. The number of aliphatic hydroxyl groups is 1. The van der Waals surface area contributed by atoms with Gasteiger partial charge < -0.3 is 15.7 Å². The predicted molar refractivity (Wildman–Crippen MR) is 50.0 cm³/mol. The molecule has 1 aliphatic rings. The van der Waals surface area contributed by atoms with Crippen molar-refractivity contribution < 1.29 is 9.90 Å². The highest BCUT2D eigenvalue weighted by Crippen LogP contribution is 2.15. The standard InChI is InChI=1S/C9H18N2O2/c1-7(10)9(13)11-4-2-3-8(5-11)6-12/h7-8,12H,2-6,10H2,1H3/t7-,8?/m0/s1. The van der Waals surface area contributed by atoms with Gasteiger partial charge in [0.05, 0.1) is 6.04 Å². The Morgan fingerprint density at radius 2 is 2.46 bits per heavy atom. The molecular weight excluding hydrogens is 168 g/mol. The quantitative estimate of drug-likeness (QED) is 0.614. The number of hydrogen-bond donors (Lipinski definition) is 2. The zero-order valence-corrected chi connectivity index (χ0v) is 8.07. The molecule has 0 aromatic carbocycles. The third kappa shape index (κ3) is 2.67. The molecule has 0 bridgehead atoms. The van der Waals surface area contributed by atoms with E-state index >= 15 is 0 Å². The summed E-state index contributed by atoms with van der Waals surface area (Å²) in [5, 5.41) is 8.96. The average molecular weight is 186 g/mol. The van der Waals surface area contributed by atoms with Gasteiger partial charge in [-0.25, -0.2) is 0 Å². The van der Waals surface area contributed by atoms with Crippen LogP contribution < -0.4 is 5.73 Å². The Balaban J connectivity index is 2.46. The molecule has 1 saturated heterocycles. The summed E-state index contributed by atoms with van der Waals surface area (Å²) in [6, 6.07) is -0.419. The molecule has 0 radical (unpaired) electrons. The van der Waals surface area contributed by atoms with Gasteiger partial charge in [-0.05, 0) is 25.7 Å². The molecule has 1 heterocycles. The minimum Gasteiger partial charge on any atom is -0.396 e. The highest BCUT2D eigenvalue weighted by molar-refractivity contribution is 5.81. The Bertz CT molecular complexity index is 182. The summed E-state index contributed by atoms with van der Waals surface area (Å²) < 4.78 is 0. The molecule has 1 fully saturated rings. The SMILES string of the molecule is C[C@H](N)C(=O)N1CCCC(CO)C1. The number of nitrogens with two attached hydrogens (primary N) is 1. The topological polar surface area (TPSA) is 66.6 Å². The molecule has 1 amide bonds. The van der Waals surface area contributed by atoms with Gasteiger partial charge in [-0.2, -0.15) is 0 Å². The number of carbonyl (C=O) groups is 1. The maximum Gasteiger partial charge on any atom is 0.239 e. The fourth-order valence-electron chi connectivity index (χ4n) is 1.70. The Hall–Kier alpha value is -0.610. The van der Waals surface area contributed by atoms with E-state index in [1.807, 2.05) is 0 Å². The van der Waals surface area contributed by atoms with E-state index in [9.17, 15) is 4.79 Å². The molecular formula is C9H18N2O2. The van der Waals surface area contributed by atoms with Gasteiger partial charge in [0.1, 0.15) is 0 Å². The van der Waals surface area contributed by atoms with Gasteiger partial charge in [-0.1, -0.05) is 0 Å². The molecule has 1 unspecified atom stereocenters. The van der Waals surface area contributed by atoms with Gasteiger partial charge in [0, 0.05) is 19.7 Å². The largest absolute Gasteiger partial charge is 0.396 e. The van der Waals surface area contributed by atoms with Gasteiger partial charge in [0.2, 0.25) is 5.91 Å². The maximum atomic E-state index is 11.5. The third-order valence-corrected chi connectivity index (χ3v) is 2.48. The Labute approximate surface area is 78.7 Å². The Morgan fingerprint density at radius 1 is 1.77 bits per heavy atom. The lowest BCUT2D eigenvalue weighted by Crippen LogP contribution is -2.47. The number of carbonyl (C=O) groups excluding carboxylic acids is 1. The van der Waals surface area contributed by atoms with Crippen LogP contribution >= 0.6 is 0 Å². The van der Waals surface area contributed by atoms with Crippen LogP contribution in [0.2, 0.25) is 0 Å². The second kappa shape index (κ2) is 4.58. The number of nitrogens with zero attached hydrogens (tertiary/aromatic N) is 1. The van der Waals surface area contributed by atoms with Crippen LogP contribution in [0.1, 0.15) is 19.8 Å². The molecule has 4 heteroatoms. The van der Waals surface area contributed by atoms with E-state index in [1.54, 1.807) is 11.8 Å². The number of likely N-dealkylation sites (tertiary alicyclic amines) is 1. The first kappa shape index (κ1) is 10.5.